The minimum atomic E-state index is -4.44. The number of Topliss-reactive ketones (excluding diaryl/α,β-unsaturated/α-hetero) is 1. The van der Waals surface area contributed by atoms with Gasteiger partial charge in [-0.2, -0.15) is 13.2 Å². The minimum absolute atomic E-state index is 0.244. The Bertz CT molecular complexity index is 1470. The number of aromatic nitrogens is 1. The molecule has 182 valence electrons. The van der Waals surface area contributed by atoms with Crippen LogP contribution in [0, 0.1) is 0 Å². The predicted octanol–water partition coefficient (Wildman–Crippen LogP) is 7.08. The summed E-state index contributed by atoms with van der Waals surface area (Å²) in [4.78, 5) is 17.7. The van der Waals surface area contributed by atoms with E-state index in [-0.39, 0.29) is 18.1 Å². The molecule has 0 spiro atoms. The van der Waals surface area contributed by atoms with E-state index in [4.69, 9.17) is 9.47 Å². The molecule has 0 saturated heterocycles. The quantitative estimate of drug-likeness (QED) is 0.301. The van der Waals surface area contributed by atoms with E-state index in [2.05, 4.69) is 4.98 Å². The lowest BCUT2D eigenvalue weighted by Crippen LogP contribution is -2.29. The normalized spacial score (nSPS) is 15.3. The summed E-state index contributed by atoms with van der Waals surface area (Å²) in [5, 5.41) is 1.05. The maximum atomic E-state index is 13.1. The van der Waals surface area contributed by atoms with Crippen LogP contribution in [0.1, 0.15) is 36.2 Å². The zero-order chi connectivity index (χ0) is 25.5. The molecule has 0 radical (unpaired) electrons. The van der Waals surface area contributed by atoms with E-state index in [0.29, 0.717) is 22.4 Å². The van der Waals surface area contributed by atoms with Crippen molar-refractivity contribution in [1.29, 1.82) is 0 Å². The van der Waals surface area contributed by atoms with Gasteiger partial charge in [0, 0.05) is 10.9 Å². The molecule has 0 saturated carbocycles. The Morgan fingerprint density at radius 1 is 0.861 bits per heavy atom. The van der Waals surface area contributed by atoms with E-state index >= 15 is 0 Å². The lowest BCUT2D eigenvalue weighted by atomic mass is 9.92. The highest BCUT2D eigenvalue weighted by molar-refractivity contribution is 6.32. The van der Waals surface area contributed by atoms with Gasteiger partial charge >= 0.3 is 6.18 Å². The molecule has 0 unspecified atom stereocenters. The van der Waals surface area contributed by atoms with Crippen LogP contribution < -0.4 is 4.74 Å². The lowest BCUT2D eigenvalue weighted by molar-refractivity contribution is -0.137. The average molecular weight is 489 g/mol. The lowest BCUT2D eigenvalue weighted by Gasteiger charge is -2.18. The number of carbonyl (C=O) groups is 1. The molecule has 0 bridgehead atoms. The van der Waals surface area contributed by atoms with E-state index in [9.17, 15) is 18.0 Å². The molecule has 0 aliphatic carbocycles. The zero-order valence-electron chi connectivity index (χ0n) is 19.6. The SMILES string of the molecule is CC1(C)OC(c2ccc(C(F)(F)F)cc2)=C(c2ccc(OCc3ccc4ccccc4n3)cc2)C1=O. The Morgan fingerprint density at radius 2 is 1.53 bits per heavy atom. The van der Waals surface area contributed by atoms with Crippen LogP contribution in [0.15, 0.2) is 84.9 Å². The summed E-state index contributed by atoms with van der Waals surface area (Å²) >= 11 is 0. The second-order valence-electron chi connectivity index (χ2n) is 9.03. The van der Waals surface area contributed by atoms with Crippen LogP contribution in [0.4, 0.5) is 13.2 Å². The molecule has 36 heavy (non-hydrogen) atoms. The molecule has 0 fully saturated rings. The molecule has 3 aromatic carbocycles. The number of pyridine rings is 1. The van der Waals surface area contributed by atoms with Crippen LogP contribution in [0.2, 0.25) is 0 Å². The van der Waals surface area contributed by atoms with E-state index in [1.165, 1.54) is 12.1 Å². The maximum Gasteiger partial charge on any atom is 0.416 e. The van der Waals surface area contributed by atoms with Crippen LogP contribution in [-0.4, -0.2) is 16.4 Å². The Hall–Kier alpha value is -4.13. The van der Waals surface area contributed by atoms with Gasteiger partial charge in [-0.1, -0.05) is 48.5 Å². The third kappa shape index (κ3) is 4.56. The number of benzene rings is 3. The molecular weight excluding hydrogens is 467 g/mol. The predicted molar refractivity (Wildman–Crippen MR) is 131 cm³/mol. The van der Waals surface area contributed by atoms with Crippen molar-refractivity contribution in [2.75, 3.05) is 0 Å². The van der Waals surface area contributed by atoms with Gasteiger partial charge < -0.3 is 9.47 Å². The summed E-state index contributed by atoms with van der Waals surface area (Å²) in [5.41, 5.74) is 1.09. The van der Waals surface area contributed by atoms with Crippen molar-refractivity contribution < 1.29 is 27.4 Å². The first-order chi connectivity index (χ1) is 17.1. The number of nitrogens with zero attached hydrogens (tertiary/aromatic N) is 1. The van der Waals surface area contributed by atoms with Gasteiger partial charge in [0.1, 0.15) is 18.1 Å². The van der Waals surface area contributed by atoms with Crippen molar-refractivity contribution in [3.8, 4) is 5.75 Å². The zero-order valence-corrected chi connectivity index (χ0v) is 19.6. The van der Waals surface area contributed by atoms with E-state index in [1.807, 2.05) is 36.4 Å². The number of para-hydroxylation sites is 1. The minimum Gasteiger partial charge on any atom is -0.487 e. The molecule has 4 nitrogen and oxygen atoms in total. The number of carbonyl (C=O) groups excluding carboxylic acids is 1. The van der Waals surface area contributed by atoms with Crippen molar-refractivity contribution in [1.82, 2.24) is 4.98 Å². The molecule has 5 rings (SSSR count). The van der Waals surface area contributed by atoms with Gasteiger partial charge in [0.15, 0.2) is 5.60 Å². The Kier molecular flexibility index (Phi) is 5.79. The number of fused-ring (bicyclic) bond motifs is 1. The average Bonchev–Trinajstić information content (AvgIpc) is 3.11. The summed E-state index contributed by atoms with van der Waals surface area (Å²) in [7, 11) is 0. The molecule has 1 aliphatic rings. The Morgan fingerprint density at radius 3 is 2.22 bits per heavy atom. The maximum absolute atomic E-state index is 13.1. The van der Waals surface area contributed by atoms with Gasteiger partial charge in [0.05, 0.1) is 22.3 Å². The number of hydrogen-bond donors (Lipinski definition) is 0. The largest absolute Gasteiger partial charge is 0.487 e. The first-order valence-electron chi connectivity index (χ1n) is 11.4. The molecule has 0 N–H and O–H groups in total. The summed E-state index contributed by atoms with van der Waals surface area (Å²) in [6.07, 6.45) is -4.44. The first-order valence-corrected chi connectivity index (χ1v) is 11.4. The summed E-state index contributed by atoms with van der Waals surface area (Å²) in [6.45, 7) is 3.56. The van der Waals surface area contributed by atoms with Crippen LogP contribution in [0.3, 0.4) is 0 Å². The number of ketones is 1. The van der Waals surface area contributed by atoms with Gasteiger partial charge in [0.2, 0.25) is 5.78 Å². The molecule has 1 aromatic heterocycles. The number of hydrogen-bond acceptors (Lipinski definition) is 4. The highest BCUT2D eigenvalue weighted by Gasteiger charge is 2.43. The second kappa shape index (κ2) is 8.82. The number of ether oxygens (including phenoxy) is 2. The summed E-state index contributed by atoms with van der Waals surface area (Å²) in [6, 6.07) is 23.3. The molecular formula is C29H22F3NO3. The third-order valence-corrected chi connectivity index (χ3v) is 6.02. The van der Waals surface area contributed by atoms with Crippen LogP contribution >= 0.6 is 0 Å². The fourth-order valence-corrected chi connectivity index (χ4v) is 4.10. The van der Waals surface area contributed by atoms with E-state index in [0.717, 1.165) is 28.7 Å². The van der Waals surface area contributed by atoms with Gasteiger partial charge in [-0.25, -0.2) is 4.98 Å². The molecule has 0 atom stereocenters. The Balaban J connectivity index is 1.39. The van der Waals surface area contributed by atoms with Gasteiger partial charge in [-0.15, -0.1) is 0 Å². The van der Waals surface area contributed by atoms with Crippen molar-refractivity contribution in [3.05, 3.63) is 107 Å². The number of rotatable bonds is 5. The summed E-state index contributed by atoms with van der Waals surface area (Å²) in [5.74, 6) is 0.607. The van der Waals surface area contributed by atoms with Gasteiger partial charge in [-0.3, -0.25) is 4.79 Å². The van der Waals surface area contributed by atoms with Gasteiger partial charge in [0.25, 0.3) is 0 Å². The van der Waals surface area contributed by atoms with Crippen LogP contribution in [0.25, 0.3) is 22.2 Å². The third-order valence-electron chi connectivity index (χ3n) is 6.02. The van der Waals surface area contributed by atoms with Crippen LogP contribution in [0.5, 0.6) is 5.75 Å². The highest BCUT2D eigenvalue weighted by Crippen LogP contribution is 2.42. The molecule has 2 heterocycles. The topological polar surface area (TPSA) is 48.4 Å². The molecule has 1 aliphatic heterocycles. The number of alkyl halides is 3. The smallest absolute Gasteiger partial charge is 0.416 e. The standard InChI is InChI=1S/C29H22F3NO3/c1-28(2)27(34)25(26(36-28)20-7-12-21(13-8-20)29(30,31)32)19-10-15-23(16-11-19)35-17-22-14-9-18-5-3-4-6-24(18)33-22/h3-16H,17H2,1-2H3. The highest BCUT2D eigenvalue weighted by atomic mass is 19.4. The fourth-order valence-electron chi connectivity index (χ4n) is 4.10. The monoisotopic (exact) mass is 489 g/mol. The molecule has 4 aromatic rings. The van der Waals surface area contributed by atoms with Gasteiger partial charge in [-0.05, 0) is 55.8 Å². The van der Waals surface area contributed by atoms with Crippen molar-refractivity contribution in [3.63, 3.8) is 0 Å². The first kappa shape index (κ1) is 23.6. The van der Waals surface area contributed by atoms with Crippen molar-refractivity contribution >= 4 is 28.0 Å². The second-order valence-corrected chi connectivity index (χ2v) is 9.03. The van der Waals surface area contributed by atoms with Crippen molar-refractivity contribution in [2.24, 2.45) is 0 Å². The molecule has 7 heteroatoms. The van der Waals surface area contributed by atoms with Crippen molar-refractivity contribution in [2.45, 2.75) is 32.2 Å². The van der Waals surface area contributed by atoms with E-state index in [1.54, 1.807) is 38.1 Å². The fraction of sp³-hybridized carbons (Fsp3) is 0.172. The Labute approximate surface area is 206 Å². The number of halogens is 3. The van der Waals surface area contributed by atoms with E-state index < -0.39 is 17.3 Å². The molecule has 0 amide bonds. The summed E-state index contributed by atoms with van der Waals surface area (Å²) < 4.78 is 50.8. The van der Waals surface area contributed by atoms with Crippen LogP contribution in [-0.2, 0) is 22.3 Å².